The number of benzene rings is 1. The summed E-state index contributed by atoms with van der Waals surface area (Å²) in [4.78, 5) is 11.6. The third-order valence-corrected chi connectivity index (χ3v) is 3.90. The first-order valence-electron chi connectivity index (χ1n) is 8.07. The van der Waals surface area contributed by atoms with E-state index in [0.29, 0.717) is 18.1 Å². The van der Waals surface area contributed by atoms with Gasteiger partial charge in [0.15, 0.2) is 0 Å². The first-order chi connectivity index (χ1) is 10.3. The lowest BCUT2D eigenvalue weighted by Gasteiger charge is -2.17. The summed E-state index contributed by atoms with van der Waals surface area (Å²) in [6, 6.07) is 10.1. The molecule has 0 bridgehead atoms. The second-order valence-corrected chi connectivity index (χ2v) is 5.81. The van der Waals surface area contributed by atoms with Gasteiger partial charge in [-0.05, 0) is 49.3 Å². The van der Waals surface area contributed by atoms with Crippen molar-refractivity contribution >= 4 is 5.78 Å². The maximum Gasteiger partial charge on any atom is 0.133 e. The number of Topliss-reactive ketones (excluding diaryl/α,β-unsaturated/α-hetero) is 1. The Hall–Kier alpha value is -1.81. The zero-order valence-corrected chi connectivity index (χ0v) is 12.9. The van der Waals surface area contributed by atoms with Gasteiger partial charge in [0.1, 0.15) is 5.78 Å². The van der Waals surface area contributed by atoms with Gasteiger partial charge in [0.2, 0.25) is 0 Å². The van der Waals surface area contributed by atoms with Gasteiger partial charge in [0, 0.05) is 18.4 Å². The lowest BCUT2D eigenvalue weighted by Crippen LogP contribution is -2.13. The van der Waals surface area contributed by atoms with Gasteiger partial charge in [0.05, 0.1) is 0 Å². The highest BCUT2D eigenvalue weighted by Gasteiger charge is 2.17. The van der Waals surface area contributed by atoms with E-state index in [0.717, 1.165) is 37.7 Å². The fraction of sp³-hybridized carbons (Fsp3) is 0.450. The number of allylic oxidation sites excluding steroid dienone is 2. The quantitative estimate of drug-likeness (QED) is 0.716. The van der Waals surface area contributed by atoms with E-state index in [1.165, 1.54) is 12.0 Å². The van der Waals surface area contributed by atoms with Crippen LogP contribution < -0.4 is 0 Å². The number of carbonyl (C=O) groups is 1. The Morgan fingerprint density at radius 3 is 2.86 bits per heavy atom. The molecule has 0 spiro atoms. The predicted molar refractivity (Wildman–Crippen MR) is 87.9 cm³/mol. The summed E-state index contributed by atoms with van der Waals surface area (Å²) in [5, 5.41) is 0. The smallest absolute Gasteiger partial charge is 0.133 e. The molecule has 1 nitrogen and oxygen atoms in total. The van der Waals surface area contributed by atoms with E-state index in [4.69, 9.17) is 0 Å². The van der Waals surface area contributed by atoms with Crippen molar-refractivity contribution in [3.63, 3.8) is 0 Å². The van der Waals surface area contributed by atoms with Crippen LogP contribution in [0.1, 0.15) is 57.4 Å². The first-order valence-corrected chi connectivity index (χ1v) is 8.07. The number of hydrogen-bond acceptors (Lipinski definition) is 1. The lowest BCUT2D eigenvalue weighted by atomic mass is 9.86. The zero-order valence-electron chi connectivity index (χ0n) is 12.9. The summed E-state index contributed by atoms with van der Waals surface area (Å²) in [6.45, 7) is 2.20. The molecular weight excluding hydrogens is 256 g/mol. The Kier molecular flexibility index (Phi) is 6.28. The predicted octanol–water partition coefficient (Wildman–Crippen LogP) is 4.91. The number of rotatable bonds is 4. The largest absolute Gasteiger partial charge is 0.300 e. The summed E-state index contributed by atoms with van der Waals surface area (Å²) < 4.78 is 0. The third kappa shape index (κ3) is 5.60. The molecule has 0 saturated heterocycles. The topological polar surface area (TPSA) is 17.1 Å². The van der Waals surface area contributed by atoms with Crippen molar-refractivity contribution in [2.24, 2.45) is 5.92 Å². The van der Waals surface area contributed by atoms with Gasteiger partial charge in [-0.2, -0.15) is 0 Å². The van der Waals surface area contributed by atoms with Crippen LogP contribution in [0.5, 0.6) is 0 Å². The van der Waals surface area contributed by atoms with Crippen molar-refractivity contribution in [2.75, 3.05) is 0 Å². The van der Waals surface area contributed by atoms with Crippen LogP contribution in [0.2, 0.25) is 0 Å². The standard InChI is InChI=1S/C20H24O/c1-2-3-8-18(14-13-17-9-5-4-6-10-17)15-19-11-7-12-20(21)16-19/h4-6,9-10,15,19H,2-3,7-8,11-12,16H2,1H3/b18-15-. The van der Waals surface area contributed by atoms with Gasteiger partial charge < -0.3 is 0 Å². The molecule has 0 aromatic heterocycles. The molecule has 1 aliphatic rings. The van der Waals surface area contributed by atoms with Crippen LogP contribution in [0.4, 0.5) is 0 Å². The van der Waals surface area contributed by atoms with Crippen LogP contribution in [0.15, 0.2) is 42.0 Å². The molecule has 1 atom stereocenters. The highest BCUT2D eigenvalue weighted by molar-refractivity contribution is 5.79. The molecule has 21 heavy (non-hydrogen) atoms. The Labute approximate surface area is 128 Å². The minimum absolute atomic E-state index is 0.406. The van der Waals surface area contributed by atoms with Crippen molar-refractivity contribution in [3.8, 4) is 11.8 Å². The van der Waals surface area contributed by atoms with Gasteiger partial charge in [-0.25, -0.2) is 0 Å². The minimum Gasteiger partial charge on any atom is -0.300 e. The van der Waals surface area contributed by atoms with Gasteiger partial charge in [-0.15, -0.1) is 0 Å². The minimum atomic E-state index is 0.406. The molecule has 1 heteroatoms. The maximum absolute atomic E-state index is 11.6. The molecule has 1 unspecified atom stereocenters. The average molecular weight is 280 g/mol. The fourth-order valence-corrected chi connectivity index (χ4v) is 2.71. The van der Waals surface area contributed by atoms with E-state index in [9.17, 15) is 4.79 Å². The van der Waals surface area contributed by atoms with E-state index in [2.05, 4.69) is 24.8 Å². The molecule has 1 saturated carbocycles. The van der Waals surface area contributed by atoms with Crippen LogP contribution in [0, 0.1) is 17.8 Å². The van der Waals surface area contributed by atoms with E-state index in [-0.39, 0.29) is 0 Å². The molecule has 0 N–H and O–H groups in total. The van der Waals surface area contributed by atoms with Crippen molar-refractivity contribution in [2.45, 2.75) is 51.9 Å². The zero-order chi connectivity index (χ0) is 14.9. The van der Waals surface area contributed by atoms with Crippen LogP contribution in [0.3, 0.4) is 0 Å². The Morgan fingerprint density at radius 1 is 1.33 bits per heavy atom. The number of carbonyl (C=O) groups excluding carboxylic acids is 1. The van der Waals surface area contributed by atoms with Gasteiger partial charge in [0.25, 0.3) is 0 Å². The van der Waals surface area contributed by atoms with Gasteiger partial charge in [-0.3, -0.25) is 4.79 Å². The summed E-state index contributed by atoms with van der Waals surface area (Å²) in [6.07, 6.45) is 9.28. The Balaban J connectivity index is 2.10. The number of hydrogen-bond donors (Lipinski definition) is 0. The average Bonchev–Trinajstić information content (AvgIpc) is 2.51. The molecule has 0 amide bonds. The monoisotopic (exact) mass is 280 g/mol. The SMILES string of the molecule is CCCC/C(C#Cc1ccccc1)=C/C1CCCC(=O)C1. The molecule has 1 aromatic rings. The van der Waals surface area contributed by atoms with Crippen molar-refractivity contribution < 1.29 is 4.79 Å². The van der Waals surface area contributed by atoms with Crippen LogP contribution in [-0.4, -0.2) is 5.78 Å². The lowest BCUT2D eigenvalue weighted by molar-refractivity contribution is -0.121. The maximum atomic E-state index is 11.6. The van der Waals surface area contributed by atoms with E-state index >= 15 is 0 Å². The van der Waals surface area contributed by atoms with Crippen LogP contribution in [0.25, 0.3) is 0 Å². The second kappa shape index (κ2) is 8.47. The fourth-order valence-electron chi connectivity index (χ4n) is 2.71. The van der Waals surface area contributed by atoms with E-state index in [1.54, 1.807) is 0 Å². The summed E-state index contributed by atoms with van der Waals surface area (Å²) in [5.41, 5.74) is 2.26. The highest BCUT2D eigenvalue weighted by Crippen LogP contribution is 2.24. The van der Waals surface area contributed by atoms with Crippen molar-refractivity contribution in [1.29, 1.82) is 0 Å². The Bertz CT molecular complexity index is 542. The number of unbranched alkanes of at least 4 members (excludes halogenated alkanes) is 1. The van der Waals surface area contributed by atoms with Crippen LogP contribution in [-0.2, 0) is 4.79 Å². The first kappa shape index (κ1) is 15.6. The van der Waals surface area contributed by atoms with Gasteiger partial charge >= 0.3 is 0 Å². The van der Waals surface area contributed by atoms with Crippen molar-refractivity contribution in [3.05, 3.63) is 47.5 Å². The van der Waals surface area contributed by atoms with Crippen LogP contribution >= 0.6 is 0 Å². The Morgan fingerprint density at radius 2 is 2.14 bits per heavy atom. The molecule has 0 heterocycles. The highest BCUT2D eigenvalue weighted by atomic mass is 16.1. The molecule has 1 fully saturated rings. The summed E-state index contributed by atoms with van der Waals surface area (Å²) >= 11 is 0. The van der Waals surface area contributed by atoms with Crippen molar-refractivity contribution in [1.82, 2.24) is 0 Å². The molecule has 1 aliphatic carbocycles. The summed E-state index contributed by atoms with van der Waals surface area (Å²) in [7, 11) is 0. The summed E-state index contributed by atoms with van der Waals surface area (Å²) in [5.74, 6) is 7.40. The molecule has 2 rings (SSSR count). The molecule has 1 aromatic carbocycles. The second-order valence-electron chi connectivity index (χ2n) is 5.81. The molecule has 0 aliphatic heterocycles. The number of ketones is 1. The molecule has 110 valence electrons. The molecular formula is C20H24O. The normalized spacial score (nSPS) is 19.0. The molecule has 0 radical (unpaired) electrons. The van der Waals surface area contributed by atoms with E-state index < -0.39 is 0 Å². The third-order valence-electron chi connectivity index (χ3n) is 3.90. The van der Waals surface area contributed by atoms with Gasteiger partial charge in [-0.1, -0.05) is 49.5 Å². The van der Waals surface area contributed by atoms with E-state index in [1.807, 2.05) is 30.3 Å².